The monoisotopic (exact) mass is 521 g/mol. The van der Waals surface area contributed by atoms with Crippen LogP contribution in [0.5, 0.6) is 0 Å². The van der Waals surface area contributed by atoms with Gasteiger partial charge < -0.3 is 20.3 Å². The quantitative estimate of drug-likeness (QED) is 0.208. The van der Waals surface area contributed by atoms with E-state index in [1.165, 1.54) is 0 Å². The number of nitrogens with one attached hydrogen (secondary N) is 2. The molecule has 2 N–H and O–H groups in total. The fourth-order valence-electron chi connectivity index (χ4n) is 3.92. The molecule has 36 heavy (non-hydrogen) atoms. The summed E-state index contributed by atoms with van der Waals surface area (Å²) in [7, 11) is 0. The molecule has 2 unspecified atom stereocenters. The van der Waals surface area contributed by atoms with E-state index in [-0.39, 0.29) is 17.6 Å². The summed E-state index contributed by atoms with van der Waals surface area (Å²) < 4.78 is 5.37. The molecule has 8 heteroatoms. The molecule has 0 aliphatic heterocycles. The summed E-state index contributed by atoms with van der Waals surface area (Å²) in [4.78, 5) is 41.5. The summed E-state index contributed by atoms with van der Waals surface area (Å²) in [6.45, 7) is 12.4. The van der Waals surface area contributed by atoms with E-state index in [0.29, 0.717) is 13.1 Å². The number of hydrogen-bond donors (Lipinski definition) is 3. The molecule has 204 valence electrons. The molecule has 0 saturated heterocycles. The average molecular weight is 522 g/mol. The van der Waals surface area contributed by atoms with Gasteiger partial charge in [-0.1, -0.05) is 70.2 Å². The molecule has 0 aliphatic carbocycles. The summed E-state index contributed by atoms with van der Waals surface area (Å²) in [6, 6.07) is 5.92. The largest absolute Gasteiger partial charge is 0.444 e. The van der Waals surface area contributed by atoms with Crippen LogP contribution in [0.4, 0.5) is 4.79 Å². The van der Waals surface area contributed by atoms with Crippen LogP contribution < -0.4 is 10.6 Å². The molecular weight excluding hydrogens is 474 g/mol. The molecule has 0 spiro atoms. The molecule has 0 saturated carbocycles. The van der Waals surface area contributed by atoms with Crippen molar-refractivity contribution in [3.8, 4) is 0 Å². The van der Waals surface area contributed by atoms with Crippen molar-refractivity contribution in [3.05, 3.63) is 35.4 Å². The molecule has 7 nitrogen and oxygen atoms in total. The number of rotatable bonds is 15. The van der Waals surface area contributed by atoms with E-state index in [1.54, 1.807) is 25.7 Å². The zero-order valence-electron chi connectivity index (χ0n) is 23.1. The standard InChI is InChI=1S/C28H47N3O4S/c1-7-9-11-12-15-19-31(26(33)23(20-36)30-27(34)35-28(4,5)6)24(25(32)29-18-10-8-2)22-17-14-13-16-21(22)3/h13-14,16-17,23-24,36H,7-12,15,18-20H2,1-6H3,(H,29,32)(H,30,34). The lowest BCUT2D eigenvalue weighted by Crippen LogP contribution is -2.54. The van der Waals surface area contributed by atoms with Crippen molar-refractivity contribution in [3.63, 3.8) is 0 Å². The van der Waals surface area contributed by atoms with Gasteiger partial charge in [-0.15, -0.1) is 0 Å². The van der Waals surface area contributed by atoms with Gasteiger partial charge in [-0.05, 0) is 51.7 Å². The van der Waals surface area contributed by atoms with Crippen LogP contribution in [-0.4, -0.2) is 53.3 Å². The number of amides is 3. The maximum absolute atomic E-state index is 13.9. The first-order valence-electron chi connectivity index (χ1n) is 13.3. The SMILES string of the molecule is CCCCCCCN(C(=O)C(CS)NC(=O)OC(C)(C)C)C(C(=O)NCCCC)c1ccccc1C. The van der Waals surface area contributed by atoms with Gasteiger partial charge in [0.05, 0.1) is 0 Å². The minimum atomic E-state index is -0.922. The highest BCUT2D eigenvalue weighted by atomic mass is 32.1. The Labute approximate surface area is 223 Å². The Morgan fingerprint density at radius 1 is 1.00 bits per heavy atom. The van der Waals surface area contributed by atoms with Gasteiger partial charge in [0.2, 0.25) is 11.8 Å². The summed E-state index contributed by atoms with van der Waals surface area (Å²) in [5, 5.41) is 5.69. The van der Waals surface area contributed by atoms with Crippen LogP contribution in [-0.2, 0) is 14.3 Å². The second-order valence-electron chi connectivity index (χ2n) is 10.2. The maximum atomic E-state index is 13.9. The van der Waals surface area contributed by atoms with E-state index >= 15 is 0 Å². The van der Waals surface area contributed by atoms with Gasteiger partial charge in [0, 0.05) is 18.8 Å². The summed E-state index contributed by atoms with van der Waals surface area (Å²) in [5.74, 6) is -0.470. The topological polar surface area (TPSA) is 87.7 Å². The van der Waals surface area contributed by atoms with Gasteiger partial charge in [0.1, 0.15) is 17.7 Å². The number of unbranched alkanes of at least 4 members (excludes halogenated alkanes) is 5. The van der Waals surface area contributed by atoms with Crippen molar-refractivity contribution in [2.45, 2.75) is 104 Å². The fraction of sp³-hybridized carbons (Fsp3) is 0.679. The van der Waals surface area contributed by atoms with Crippen LogP contribution in [0.3, 0.4) is 0 Å². The number of alkyl carbamates (subject to hydrolysis) is 1. The lowest BCUT2D eigenvalue weighted by molar-refractivity contribution is -0.142. The third-order valence-electron chi connectivity index (χ3n) is 5.83. The van der Waals surface area contributed by atoms with E-state index in [4.69, 9.17) is 4.74 Å². The minimum absolute atomic E-state index is 0.0857. The Bertz CT molecular complexity index is 825. The van der Waals surface area contributed by atoms with Crippen molar-refractivity contribution < 1.29 is 19.1 Å². The summed E-state index contributed by atoms with van der Waals surface area (Å²) >= 11 is 4.35. The second-order valence-corrected chi connectivity index (χ2v) is 10.6. The van der Waals surface area contributed by atoms with Crippen molar-refractivity contribution in [2.24, 2.45) is 0 Å². The maximum Gasteiger partial charge on any atom is 0.408 e. The van der Waals surface area contributed by atoms with Crippen LogP contribution in [0.25, 0.3) is 0 Å². The molecule has 0 bridgehead atoms. The van der Waals surface area contributed by atoms with Crippen LogP contribution >= 0.6 is 12.6 Å². The molecule has 3 amide bonds. The molecule has 0 aromatic heterocycles. The smallest absolute Gasteiger partial charge is 0.408 e. The number of aryl methyl sites for hydroxylation is 1. The van der Waals surface area contributed by atoms with Gasteiger partial charge in [0.15, 0.2) is 0 Å². The molecule has 1 aromatic carbocycles. The Morgan fingerprint density at radius 2 is 1.64 bits per heavy atom. The van der Waals surface area contributed by atoms with E-state index in [9.17, 15) is 14.4 Å². The van der Waals surface area contributed by atoms with Crippen molar-refractivity contribution in [1.82, 2.24) is 15.5 Å². The number of carbonyl (C=O) groups excluding carboxylic acids is 3. The van der Waals surface area contributed by atoms with Crippen LogP contribution in [0.15, 0.2) is 24.3 Å². The Hall–Kier alpha value is -2.22. The first-order chi connectivity index (χ1) is 17.1. The number of thiol groups is 1. The number of nitrogens with zero attached hydrogens (tertiary/aromatic N) is 1. The van der Waals surface area contributed by atoms with E-state index < -0.39 is 23.8 Å². The summed E-state index contributed by atoms with van der Waals surface area (Å²) in [5.41, 5.74) is 1.01. The van der Waals surface area contributed by atoms with Crippen LogP contribution in [0, 0.1) is 6.92 Å². The molecule has 0 heterocycles. The van der Waals surface area contributed by atoms with Crippen LogP contribution in [0.2, 0.25) is 0 Å². The first-order valence-corrected chi connectivity index (χ1v) is 13.9. The number of benzene rings is 1. The molecule has 0 fully saturated rings. The zero-order chi connectivity index (χ0) is 27.1. The van der Waals surface area contributed by atoms with Gasteiger partial charge in [0.25, 0.3) is 0 Å². The van der Waals surface area contributed by atoms with Gasteiger partial charge in [-0.3, -0.25) is 9.59 Å². The average Bonchev–Trinajstić information content (AvgIpc) is 2.81. The zero-order valence-corrected chi connectivity index (χ0v) is 24.0. The highest BCUT2D eigenvalue weighted by molar-refractivity contribution is 7.80. The van der Waals surface area contributed by atoms with E-state index in [0.717, 1.165) is 56.1 Å². The third-order valence-corrected chi connectivity index (χ3v) is 6.20. The van der Waals surface area contributed by atoms with Crippen molar-refractivity contribution in [2.75, 3.05) is 18.8 Å². The predicted octanol–water partition coefficient (Wildman–Crippen LogP) is 5.57. The van der Waals surface area contributed by atoms with Gasteiger partial charge in [-0.25, -0.2) is 4.79 Å². The predicted molar refractivity (Wildman–Crippen MR) is 149 cm³/mol. The fourth-order valence-corrected chi connectivity index (χ4v) is 4.16. The van der Waals surface area contributed by atoms with Crippen LogP contribution in [0.1, 0.15) is 96.7 Å². The number of carbonyl (C=O) groups is 3. The minimum Gasteiger partial charge on any atom is -0.444 e. The lowest BCUT2D eigenvalue weighted by Gasteiger charge is -2.35. The van der Waals surface area contributed by atoms with E-state index in [2.05, 4.69) is 37.1 Å². The van der Waals surface area contributed by atoms with Crippen molar-refractivity contribution >= 4 is 30.5 Å². The molecular formula is C28H47N3O4S. The summed E-state index contributed by atoms with van der Waals surface area (Å²) in [6.07, 6.45) is 6.18. The normalized spacial score (nSPS) is 13.0. The molecule has 0 radical (unpaired) electrons. The highest BCUT2D eigenvalue weighted by Gasteiger charge is 2.36. The molecule has 1 rings (SSSR count). The Kier molecular flexibility index (Phi) is 14.6. The molecule has 0 aliphatic rings. The van der Waals surface area contributed by atoms with E-state index in [1.807, 2.05) is 31.2 Å². The highest BCUT2D eigenvalue weighted by Crippen LogP contribution is 2.26. The first kappa shape index (κ1) is 31.8. The van der Waals surface area contributed by atoms with Gasteiger partial charge in [-0.2, -0.15) is 12.6 Å². The molecule has 1 aromatic rings. The number of ether oxygens (including phenoxy) is 1. The Morgan fingerprint density at radius 3 is 2.22 bits per heavy atom. The second kappa shape index (κ2) is 16.5. The Balaban J connectivity index is 3.32. The third kappa shape index (κ3) is 11.2. The number of hydrogen-bond acceptors (Lipinski definition) is 5. The molecule has 2 atom stereocenters. The van der Waals surface area contributed by atoms with Crippen molar-refractivity contribution in [1.29, 1.82) is 0 Å². The van der Waals surface area contributed by atoms with Gasteiger partial charge >= 0.3 is 6.09 Å². The lowest BCUT2D eigenvalue weighted by atomic mass is 9.97.